The molecule has 2 aliphatic heterocycles. The van der Waals surface area contributed by atoms with Crippen molar-refractivity contribution in [2.45, 2.75) is 19.4 Å². The molecule has 0 spiro atoms. The summed E-state index contributed by atoms with van der Waals surface area (Å²) in [5, 5.41) is 0. The van der Waals surface area contributed by atoms with E-state index in [9.17, 15) is 9.59 Å². The number of para-hydroxylation sites is 1. The Hall–Kier alpha value is -2.73. The van der Waals surface area contributed by atoms with E-state index in [0.29, 0.717) is 24.3 Å². The van der Waals surface area contributed by atoms with Crippen LogP contribution in [0, 0.1) is 0 Å². The van der Waals surface area contributed by atoms with Crippen molar-refractivity contribution in [2.24, 2.45) is 0 Å². The Bertz CT molecular complexity index is 874. The molecule has 2 aliphatic rings. The SMILES string of the molecule is CC1Cc2ccccc2N1C(=O)c1ccnc(C(=O)N2CCN(C)CC2)c1. The molecule has 0 N–H and O–H groups in total. The molecule has 3 heterocycles. The number of nitrogens with zero attached hydrogens (tertiary/aromatic N) is 4. The van der Waals surface area contributed by atoms with Crippen molar-refractivity contribution in [2.75, 3.05) is 38.1 Å². The Labute approximate surface area is 159 Å². The van der Waals surface area contributed by atoms with Gasteiger partial charge in [0.2, 0.25) is 0 Å². The normalized spacial score (nSPS) is 19.9. The lowest BCUT2D eigenvalue weighted by Gasteiger charge is -2.32. The number of carbonyl (C=O) groups is 2. The van der Waals surface area contributed by atoms with Crippen LogP contribution in [-0.2, 0) is 6.42 Å². The van der Waals surface area contributed by atoms with Crippen LogP contribution in [0.1, 0.15) is 33.3 Å². The number of piperazine rings is 1. The van der Waals surface area contributed by atoms with E-state index < -0.39 is 0 Å². The number of fused-ring (bicyclic) bond motifs is 1. The van der Waals surface area contributed by atoms with E-state index in [2.05, 4.69) is 29.9 Å². The van der Waals surface area contributed by atoms with Gasteiger partial charge in [-0.1, -0.05) is 18.2 Å². The van der Waals surface area contributed by atoms with Gasteiger partial charge in [-0.05, 0) is 44.2 Å². The van der Waals surface area contributed by atoms with Gasteiger partial charge in [0.05, 0.1) is 0 Å². The molecular weight excluding hydrogens is 340 g/mol. The van der Waals surface area contributed by atoms with Gasteiger partial charge in [-0.15, -0.1) is 0 Å². The molecule has 0 bridgehead atoms. The van der Waals surface area contributed by atoms with E-state index >= 15 is 0 Å². The van der Waals surface area contributed by atoms with Crippen LogP contribution in [0.25, 0.3) is 0 Å². The zero-order chi connectivity index (χ0) is 19.0. The lowest BCUT2D eigenvalue weighted by atomic mass is 10.1. The summed E-state index contributed by atoms with van der Waals surface area (Å²) < 4.78 is 0. The van der Waals surface area contributed by atoms with Crippen LogP contribution in [0.5, 0.6) is 0 Å². The second kappa shape index (κ2) is 7.12. The lowest BCUT2D eigenvalue weighted by Crippen LogP contribution is -2.47. The molecule has 6 heteroatoms. The van der Waals surface area contributed by atoms with Crippen molar-refractivity contribution in [1.29, 1.82) is 0 Å². The van der Waals surface area contributed by atoms with Crippen molar-refractivity contribution in [3.63, 3.8) is 0 Å². The summed E-state index contributed by atoms with van der Waals surface area (Å²) in [6, 6.07) is 11.4. The van der Waals surface area contributed by atoms with Crippen LogP contribution in [0.4, 0.5) is 5.69 Å². The fraction of sp³-hybridized carbons (Fsp3) is 0.381. The monoisotopic (exact) mass is 364 g/mol. The minimum absolute atomic E-state index is 0.0812. The molecule has 1 saturated heterocycles. The third-order valence-corrected chi connectivity index (χ3v) is 5.44. The highest BCUT2D eigenvalue weighted by atomic mass is 16.2. The first-order valence-electron chi connectivity index (χ1n) is 9.40. The van der Waals surface area contributed by atoms with E-state index in [1.54, 1.807) is 18.3 Å². The number of hydrogen-bond acceptors (Lipinski definition) is 4. The van der Waals surface area contributed by atoms with Crippen molar-refractivity contribution >= 4 is 17.5 Å². The first kappa shape index (κ1) is 17.7. The van der Waals surface area contributed by atoms with Crippen LogP contribution in [0.2, 0.25) is 0 Å². The predicted molar refractivity (Wildman–Crippen MR) is 104 cm³/mol. The molecule has 140 valence electrons. The number of anilines is 1. The lowest BCUT2D eigenvalue weighted by molar-refractivity contribution is 0.0658. The molecule has 1 aromatic heterocycles. The number of benzene rings is 1. The van der Waals surface area contributed by atoms with Crippen LogP contribution < -0.4 is 4.90 Å². The minimum Gasteiger partial charge on any atom is -0.335 e. The number of likely N-dealkylation sites (N-methyl/N-ethyl adjacent to an activating group) is 1. The average molecular weight is 364 g/mol. The maximum absolute atomic E-state index is 13.2. The Kier molecular flexibility index (Phi) is 4.66. The third kappa shape index (κ3) is 3.32. The van der Waals surface area contributed by atoms with Gasteiger partial charge in [0.15, 0.2) is 0 Å². The third-order valence-electron chi connectivity index (χ3n) is 5.44. The summed E-state index contributed by atoms with van der Waals surface area (Å²) >= 11 is 0. The van der Waals surface area contributed by atoms with Crippen molar-refractivity contribution in [1.82, 2.24) is 14.8 Å². The molecule has 1 aromatic carbocycles. The summed E-state index contributed by atoms with van der Waals surface area (Å²) in [6.07, 6.45) is 2.41. The molecule has 2 aromatic rings. The Morgan fingerprint density at radius 2 is 1.78 bits per heavy atom. The number of hydrogen-bond donors (Lipinski definition) is 0. The summed E-state index contributed by atoms with van der Waals surface area (Å²) in [5.74, 6) is -0.185. The van der Waals surface area contributed by atoms with Crippen molar-refractivity contribution in [3.05, 3.63) is 59.4 Å². The molecule has 6 nitrogen and oxygen atoms in total. The topological polar surface area (TPSA) is 56.8 Å². The molecule has 0 saturated carbocycles. The zero-order valence-corrected chi connectivity index (χ0v) is 15.8. The van der Waals surface area contributed by atoms with Gasteiger partial charge < -0.3 is 14.7 Å². The van der Waals surface area contributed by atoms with E-state index in [1.807, 2.05) is 28.0 Å². The van der Waals surface area contributed by atoms with Crippen LogP contribution >= 0.6 is 0 Å². The van der Waals surface area contributed by atoms with Crippen LogP contribution in [0.15, 0.2) is 42.6 Å². The Morgan fingerprint density at radius 3 is 2.56 bits per heavy atom. The number of rotatable bonds is 2. The minimum atomic E-state index is -0.104. The second-order valence-electron chi connectivity index (χ2n) is 7.38. The molecule has 2 amide bonds. The number of aromatic nitrogens is 1. The van der Waals surface area contributed by atoms with Crippen LogP contribution in [-0.4, -0.2) is 65.9 Å². The Morgan fingerprint density at radius 1 is 1.04 bits per heavy atom. The van der Waals surface area contributed by atoms with Gasteiger partial charge in [-0.2, -0.15) is 0 Å². The van der Waals surface area contributed by atoms with Crippen molar-refractivity contribution < 1.29 is 9.59 Å². The largest absolute Gasteiger partial charge is 0.335 e. The maximum Gasteiger partial charge on any atom is 0.272 e. The first-order valence-corrected chi connectivity index (χ1v) is 9.40. The fourth-order valence-electron chi connectivity index (χ4n) is 3.87. The smallest absolute Gasteiger partial charge is 0.272 e. The highest BCUT2D eigenvalue weighted by Gasteiger charge is 2.31. The van der Waals surface area contributed by atoms with Gasteiger partial charge in [0.25, 0.3) is 11.8 Å². The van der Waals surface area contributed by atoms with Crippen LogP contribution in [0.3, 0.4) is 0 Å². The second-order valence-corrected chi connectivity index (χ2v) is 7.38. The average Bonchev–Trinajstić information content (AvgIpc) is 3.03. The van der Waals surface area contributed by atoms with E-state index in [0.717, 1.165) is 25.2 Å². The quantitative estimate of drug-likeness (QED) is 0.819. The molecule has 27 heavy (non-hydrogen) atoms. The standard InChI is InChI=1S/C21H24N4O2/c1-15-13-16-5-3-4-6-19(16)25(15)20(26)17-7-8-22-18(14-17)21(27)24-11-9-23(2)10-12-24/h3-8,14-15H,9-13H2,1-2H3. The Balaban J connectivity index is 1.57. The molecule has 0 aliphatic carbocycles. The molecule has 1 fully saturated rings. The van der Waals surface area contributed by atoms with Crippen molar-refractivity contribution in [3.8, 4) is 0 Å². The van der Waals surface area contributed by atoms with E-state index in [-0.39, 0.29) is 17.9 Å². The number of carbonyl (C=O) groups excluding carboxylic acids is 2. The summed E-state index contributed by atoms with van der Waals surface area (Å²) in [7, 11) is 2.05. The van der Waals surface area contributed by atoms with Gasteiger partial charge >= 0.3 is 0 Å². The van der Waals surface area contributed by atoms with Gasteiger partial charge in [0.1, 0.15) is 5.69 Å². The summed E-state index contributed by atoms with van der Waals surface area (Å²) in [5.41, 5.74) is 2.98. The highest BCUT2D eigenvalue weighted by Crippen LogP contribution is 2.33. The fourth-order valence-corrected chi connectivity index (χ4v) is 3.87. The highest BCUT2D eigenvalue weighted by molar-refractivity contribution is 6.08. The van der Waals surface area contributed by atoms with Gasteiger partial charge in [-0.25, -0.2) is 0 Å². The van der Waals surface area contributed by atoms with Gasteiger partial charge in [-0.3, -0.25) is 14.6 Å². The molecule has 1 atom stereocenters. The predicted octanol–water partition coefficient (Wildman–Crippen LogP) is 2.06. The molecule has 1 unspecified atom stereocenters. The number of pyridine rings is 1. The number of amides is 2. The van der Waals surface area contributed by atoms with E-state index in [4.69, 9.17) is 0 Å². The summed E-state index contributed by atoms with van der Waals surface area (Å²) in [6.45, 7) is 5.13. The van der Waals surface area contributed by atoms with Gasteiger partial charge in [0, 0.05) is 49.7 Å². The van der Waals surface area contributed by atoms with E-state index in [1.165, 1.54) is 5.56 Å². The molecule has 4 rings (SSSR count). The molecule has 0 radical (unpaired) electrons. The summed E-state index contributed by atoms with van der Waals surface area (Å²) in [4.78, 5) is 36.0. The zero-order valence-electron chi connectivity index (χ0n) is 15.8. The maximum atomic E-state index is 13.2. The first-order chi connectivity index (χ1) is 13.0. The molecular formula is C21H24N4O2.